The zero-order valence-corrected chi connectivity index (χ0v) is 22.6. The molecule has 35 heavy (non-hydrogen) atoms. The van der Waals surface area contributed by atoms with Gasteiger partial charge in [0.25, 0.3) is 5.56 Å². The molecule has 0 spiro atoms. The molecule has 0 bridgehead atoms. The average Bonchev–Trinajstić information content (AvgIpc) is 3.15. The summed E-state index contributed by atoms with van der Waals surface area (Å²) in [6.45, 7) is 4.05. The molecule has 0 aliphatic heterocycles. The molecule has 6 nitrogen and oxygen atoms in total. The van der Waals surface area contributed by atoms with Gasteiger partial charge in [-0.15, -0.1) is 11.3 Å². The van der Waals surface area contributed by atoms with Crippen molar-refractivity contribution in [3.8, 4) is 11.4 Å². The van der Waals surface area contributed by atoms with Crippen molar-refractivity contribution < 1.29 is 13.9 Å². The molecule has 1 N–H and O–H groups in total. The van der Waals surface area contributed by atoms with Gasteiger partial charge in [-0.05, 0) is 61.4 Å². The van der Waals surface area contributed by atoms with Crippen molar-refractivity contribution in [3.63, 3.8) is 0 Å². The van der Waals surface area contributed by atoms with Gasteiger partial charge in [0.1, 0.15) is 16.4 Å². The zero-order chi connectivity index (χ0) is 25.1. The van der Waals surface area contributed by atoms with E-state index >= 15 is 0 Å². The number of aromatic nitrogens is 2. The van der Waals surface area contributed by atoms with E-state index in [1.807, 2.05) is 6.92 Å². The van der Waals surface area contributed by atoms with E-state index in [9.17, 15) is 14.0 Å². The lowest BCUT2D eigenvalue weighted by molar-refractivity contribution is -0.113. The monoisotopic (exact) mass is 575 g/mol. The van der Waals surface area contributed by atoms with Gasteiger partial charge in [-0.2, -0.15) is 0 Å². The highest BCUT2D eigenvalue weighted by Gasteiger charge is 2.20. The number of methoxy groups -OCH3 is 1. The van der Waals surface area contributed by atoms with Crippen LogP contribution in [0, 0.1) is 12.7 Å². The Kier molecular flexibility index (Phi) is 7.93. The number of benzene rings is 2. The molecule has 0 radical (unpaired) electrons. The van der Waals surface area contributed by atoms with E-state index in [2.05, 4.69) is 28.2 Å². The van der Waals surface area contributed by atoms with Gasteiger partial charge in [-0.1, -0.05) is 41.0 Å². The van der Waals surface area contributed by atoms with E-state index < -0.39 is 11.7 Å². The SMILES string of the molecule is CCCc1sc2nc(SCC(=O)Nc3ccc(Br)cc3F)n(-c3ccc(OC)cc3)c(=O)c2c1C. The number of amides is 1. The Balaban J connectivity index is 1.71. The number of ether oxygens (including phenoxy) is 1. The summed E-state index contributed by atoms with van der Waals surface area (Å²) in [5.74, 6) is -0.320. The van der Waals surface area contributed by atoms with Crippen LogP contribution in [-0.2, 0) is 11.2 Å². The lowest BCUT2D eigenvalue weighted by atomic mass is 10.1. The van der Waals surface area contributed by atoms with E-state index in [-0.39, 0.29) is 17.0 Å². The zero-order valence-electron chi connectivity index (χ0n) is 19.4. The van der Waals surface area contributed by atoms with Crippen LogP contribution in [0.15, 0.2) is 56.9 Å². The number of carbonyl (C=O) groups excluding carboxylic acids is 1. The van der Waals surface area contributed by atoms with Crippen LogP contribution in [0.3, 0.4) is 0 Å². The second-order valence-corrected chi connectivity index (χ2v) is 10.7. The number of anilines is 1. The molecule has 2 heterocycles. The van der Waals surface area contributed by atoms with Crippen molar-refractivity contribution in [2.75, 3.05) is 18.2 Å². The first kappa shape index (κ1) is 25.4. The standard InChI is InChI=1S/C25H23BrFN3O3S2/c1-4-5-20-14(2)22-23(35-20)29-25(30(24(22)32)16-7-9-17(33-3)10-8-16)34-13-21(31)28-19-11-6-15(26)12-18(19)27/h6-12H,4-5,13H2,1-3H3,(H,28,31). The summed E-state index contributed by atoms with van der Waals surface area (Å²) in [7, 11) is 1.58. The van der Waals surface area contributed by atoms with Gasteiger partial charge in [-0.3, -0.25) is 14.2 Å². The molecule has 4 aromatic rings. The molecule has 0 fully saturated rings. The van der Waals surface area contributed by atoms with E-state index in [4.69, 9.17) is 9.72 Å². The number of nitrogens with zero attached hydrogens (tertiary/aromatic N) is 2. The summed E-state index contributed by atoms with van der Waals surface area (Å²) in [6.07, 6.45) is 1.84. The maximum atomic E-state index is 14.1. The Hall–Kier alpha value is -2.69. The first-order chi connectivity index (χ1) is 16.8. The van der Waals surface area contributed by atoms with Crippen LogP contribution in [0.5, 0.6) is 5.75 Å². The van der Waals surface area contributed by atoms with Crippen LogP contribution < -0.4 is 15.6 Å². The summed E-state index contributed by atoms with van der Waals surface area (Å²) in [4.78, 5) is 32.9. The highest BCUT2D eigenvalue weighted by Crippen LogP contribution is 2.31. The topological polar surface area (TPSA) is 73.2 Å². The van der Waals surface area contributed by atoms with Gasteiger partial charge < -0.3 is 10.1 Å². The van der Waals surface area contributed by atoms with Crippen LogP contribution in [-0.4, -0.2) is 28.3 Å². The smallest absolute Gasteiger partial charge is 0.267 e. The Bertz CT molecular complexity index is 1450. The van der Waals surface area contributed by atoms with Crippen molar-refractivity contribution in [1.29, 1.82) is 0 Å². The number of hydrogen-bond donors (Lipinski definition) is 1. The van der Waals surface area contributed by atoms with E-state index in [1.54, 1.807) is 37.4 Å². The normalized spacial score (nSPS) is 11.1. The Morgan fingerprint density at radius 1 is 1.26 bits per heavy atom. The summed E-state index contributed by atoms with van der Waals surface area (Å²) in [5.41, 5.74) is 1.48. The average molecular weight is 577 g/mol. The molecule has 0 saturated heterocycles. The Labute approximate surface area is 218 Å². The molecule has 1 amide bonds. The molecule has 4 rings (SSSR count). The minimum absolute atomic E-state index is 0.0459. The first-order valence-corrected chi connectivity index (χ1v) is 13.5. The molecule has 182 valence electrons. The maximum Gasteiger partial charge on any atom is 0.267 e. The molecule has 2 aromatic heterocycles. The lowest BCUT2D eigenvalue weighted by Crippen LogP contribution is -2.23. The fourth-order valence-corrected chi connectivity index (χ4v) is 6.10. The van der Waals surface area contributed by atoms with Crippen molar-refractivity contribution in [2.24, 2.45) is 0 Å². The Morgan fingerprint density at radius 3 is 2.66 bits per heavy atom. The molecule has 10 heteroatoms. The number of thiophene rings is 1. The quantitative estimate of drug-likeness (QED) is 0.196. The van der Waals surface area contributed by atoms with Gasteiger partial charge >= 0.3 is 0 Å². The van der Waals surface area contributed by atoms with Crippen LogP contribution in [0.4, 0.5) is 10.1 Å². The van der Waals surface area contributed by atoms with Crippen molar-refractivity contribution in [2.45, 2.75) is 31.8 Å². The minimum atomic E-state index is -0.537. The molecule has 0 aliphatic rings. The van der Waals surface area contributed by atoms with Crippen LogP contribution in [0.1, 0.15) is 23.8 Å². The molecule has 0 saturated carbocycles. The van der Waals surface area contributed by atoms with Crippen LogP contribution in [0.2, 0.25) is 0 Å². The number of carbonyl (C=O) groups is 1. The number of fused-ring (bicyclic) bond motifs is 1. The summed E-state index contributed by atoms with van der Waals surface area (Å²) >= 11 is 5.85. The van der Waals surface area contributed by atoms with Crippen LogP contribution in [0.25, 0.3) is 15.9 Å². The number of thioether (sulfide) groups is 1. The van der Waals surface area contributed by atoms with Crippen molar-refractivity contribution in [3.05, 3.63) is 73.5 Å². The number of rotatable bonds is 8. The fraction of sp³-hybridized carbons (Fsp3) is 0.240. The van der Waals surface area contributed by atoms with Gasteiger partial charge in [0.15, 0.2) is 5.16 Å². The maximum absolute atomic E-state index is 14.1. The number of nitrogens with one attached hydrogen (secondary N) is 1. The van der Waals surface area contributed by atoms with Crippen molar-refractivity contribution in [1.82, 2.24) is 9.55 Å². The van der Waals surface area contributed by atoms with Gasteiger partial charge in [-0.25, -0.2) is 9.37 Å². The predicted octanol–water partition coefficient (Wildman–Crippen LogP) is 6.35. The van der Waals surface area contributed by atoms with E-state index in [0.29, 0.717) is 31.3 Å². The third kappa shape index (κ3) is 5.44. The second-order valence-electron chi connectivity index (χ2n) is 7.77. The van der Waals surface area contributed by atoms with E-state index in [1.165, 1.54) is 28.0 Å². The molecule has 0 unspecified atom stereocenters. The minimum Gasteiger partial charge on any atom is -0.497 e. The molecular formula is C25H23BrFN3O3S2. The fourth-order valence-electron chi connectivity index (χ4n) is 3.64. The van der Waals surface area contributed by atoms with Gasteiger partial charge in [0.05, 0.1) is 29.6 Å². The largest absolute Gasteiger partial charge is 0.497 e. The summed E-state index contributed by atoms with van der Waals surface area (Å²) < 4.78 is 21.5. The van der Waals surface area contributed by atoms with Crippen molar-refractivity contribution >= 4 is 60.8 Å². The first-order valence-electron chi connectivity index (χ1n) is 10.9. The number of halogens is 2. The lowest BCUT2D eigenvalue weighted by Gasteiger charge is -2.13. The molecule has 0 aliphatic carbocycles. The highest BCUT2D eigenvalue weighted by molar-refractivity contribution is 9.10. The third-order valence-electron chi connectivity index (χ3n) is 5.38. The number of aryl methyl sites for hydroxylation is 2. The molecule has 0 atom stereocenters. The predicted molar refractivity (Wildman–Crippen MR) is 144 cm³/mol. The van der Waals surface area contributed by atoms with Gasteiger partial charge in [0, 0.05) is 9.35 Å². The highest BCUT2D eigenvalue weighted by atomic mass is 79.9. The van der Waals surface area contributed by atoms with E-state index in [0.717, 1.165) is 35.0 Å². The Morgan fingerprint density at radius 2 is 2.00 bits per heavy atom. The number of hydrogen-bond acceptors (Lipinski definition) is 6. The third-order valence-corrected chi connectivity index (χ3v) is 8.06. The second kappa shape index (κ2) is 10.9. The molecular weight excluding hydrogens is 553 g/mol. The van der Waals surface area contributed by atoms with Gasteiger partial charge in [0.2, 0.25) is 5.91 Å². The van der Waals surface area contributed by atoms with Crippen LogP contribution >= 0.6 is 39.0 Å². The summed E-state index contributed by atoms with van der Waals surface area (Å²) in [5, 5.41) is 3.57. The summed E-state index contributed by atoms with van der Waals surface area (Å²) in [6, 6.07) is 11.5. The molecule has 2 aromatic carbocycles.